The van der Waals surface area contributed by atoms with Gasteiger partial charge in [0.2, 0.25) is 5.91 Å². The van der Waals surface area contributed by atoms with Gasteiger partial charge in [0.15, 0.2) is 5.16 Å². The molecular weight excluding hydrogens is 370 g/mol. The van der Waals surface area contributed by atoms with E-state index in [4.69, 9.17) is 10.7 Å². The first-order valence-electron chi connectivity index (χ1n) is 9.61. The number of para-hydroxylation sites is 1. The lowest BCUT2D eigenvalue weighted by Crippen LogP contribution is -2.23. The van der Waals surface area contributed by atoms with Crippen LogP contribution in [0.3, 0.4) is 0 Å². The first-order chi connectivity index (χ1) is 13.6. The van der Waals surface area contributed by atoms with Gasteiger partial charge in [0, 0.05) is 17.9 Å². The van der Waals surface area contributed by atoms with Gasteiger partial charge in [0.25, 0.3) is 5.56 Å². The second-order valence-electron chi connectivity index (χ2n) is 6.78. The van der Waals surface area contributed by atoms with E-state index < -0.39 is 5.91 Å². The molecule has 6 heteroatoms. The molecule has 0 aliphatic heterocycles. The fourth-order valence-electron chi connectivity index (χ4n) is 3.06. The number of fused-ring (bicyclic) bond motifs is 1. The lowest BCUT2D eigenvalue weighted by Gasteiger charge is -2.13. The van der Waals surface area contributed by atoms with Crippen LogP contribution in [0.4, 0.5) is 0 Å². The molecule has 0 bridgehead atoms. The van der Waals surface area contributed by atoms with Crippen molar-refractivity contribution in [2.24, 2.45) is 5.73 Å². The van der Waals surface area contributed by atoms with Crippen LogP contribution in [-0.2, 0) is 12.3 Å². The molecule has 0 spiro atoms. The molecular formula is C22H25N3O2S. The Balaban J connectivity index is 1.85. The highest BCUT2D eigenvalue weighted by atomic mass is 32.2. The molecule has 0 aliphatic rings. The molecule has 2 N–H and O–H groups in total. The second-order valence-corrected chi connectivity index (χ2v) is 7.72. The van der Waals surface area contributed by atoms with Crippen molar-refractivity contribution in [3.05, 3.63) is 70.0 Å². The molecule has 146 valence electrons. The van der Waals surface area contributed by atoms with Crippen molar-refractivity contribution in [1.82, 2.24) is 9.55 Å². The summed E-state index contributed by atoms with van der Waals surface area (Å²) in [5.41, 5.74) is 7.58. The summed E-state index contributed by atoms with van der Waals surface area (Å²) in [6, 6.07) is 14.7. The number of benzene rings is 2. The lowest BCUT2D eigenvalue weighted by molar-refractivity contribution is 0.100. The van der Waals surface area contributed by atoms with E-state index in [1.807, 2.05) is 36.4 Å². The van der Waals surface area contributed by atoms with Gasteiger partial charge in [-0.15, -0.1) is 0 Å². The number of primary amides is 1. The number of thioether (sulfide) groups is 1. The summed E-state index contributed by atoms with van der Waals surface area (Å²) in [5.74, 6) is 0.231. The molecule has 3 aromatic rings. The number of hydrogen-bond acceptors (Lipinski definition) is 4. The van der Waals surface area contributed by atoms with E-state index in [9.17, 15) is 9.59 Å². The van der Waals surface area contributed by atoms with E-state index in [-0.39, 0.29) is 5.56 Å². The number of hydrogen-bond donors (Lipinski definition) is 1. The zero-order valence-corrected chi connectivity index (χ0v) is 16.9. The van der Waals surface area contributed by atoms with Gasteiger partial charge in [0.1, 0.15) is 0 Å². The maximum absolute atomic E-state index is 13.0. The summed E-state index contributed by atoms with van der Waals surface area (Å²) in [4.78, 5) is 29.0. The highest BCUT2D eigenvalue weighted by Gasteiger charge is 2.12. The van der Waals surface area contributed by atoms with Gasteiger partial charge >= 0.3 is 0 Å². The number of carbonyl (C=O) groups is 1. The topological polar surface area (TPSA) is 78.0 Å². The van der Waals surface area contributed by atoms with Crippen molar-refractivity contribution in [2.75, 3.05) is 0 Å². The molecule has 0 saturated carbocycles. The molecule has 2 aromatic carbocycles. The van der Waals surface area contributed by atoms with Crippen LogP contribution >= 0.6 is 11.8 Å². The fourth-order valence-corrected chi connectivity index (χ4v) is 4.05. The predicted molar refractivity (Wildman–Crippen MR) is 115 cm³/mol. The second kappa shape index (κ2) is 9.55. The zero-order chi connectivity index (χ0) is 19.9. The molecule has 0 unspecified atom stereocenters. The summed E-state index contributed by atoms with van der Waals surface area (Å²) >= 11 is 1.54. The molecule has 1 heterocycles. The van der Waals surface area contributed by atoms with Crippen LogP contribution in [0, 0.1) is 0 Å². The Morgan fingerprint density at radius 3 is 2.54 bits per heavy atom. The Labute approximate surface area is 169 Å². The van der Waals surface area contributed by atoms with Crippen molar-refractivity contribution in [2.45, 2.75) is 50.1 Å². The summed E-state index contributed by atoms with van der Waals surface area (Å²) < 4.78 is 1.81. The minimum Gasteiger partial charge on any atom is -0.366 e. The van der Waals surface area contributed by atoms with Crippen LogP contribution < -0.4 is 11.3 Å². The summed E-state index contributed by atoms with van der Waals surface area (Å²) in [6.07, 6.45) is 4.40. The van der Waals surface area contributed by atoms with Gasteiger partial charge in [-0.3, -0.25) is 14.2 Å². The van der Waals surface area contributed by atoms with E-state index >= 15 is 0 Å². The lowest BCUT2D eigenvalue weighted by atomic mass is 10.1. The van der Waals surface area contributed by atoms with Gasteiger partial charge in [-0.25, -0.2) is 4.98 Å². The maximum atomic E-state index is 13.0. The number of amides is 1. The van der Waals surface area contributed by atoms with Gasteiger partial charge in [-0.1, -0.05) is 62.2 Å². The smallest absolute Gasteiger partial charge is 0.262 e. The average molecular weight is 396 g/mol. The third kappa shape index (κ3) is 4.81. The molecule has 0 fully saturated rings. The minimum absolute atomic E-state index is 0.0219. The quantitative estimate of drug-likeness (QED) is 0.332. The highest BCUT2D eigenvalue weighted by molar-refractivity contribution is 7.98. The van der Waals surface area contributed by atoms with Gasteiger partial charge in [0.05, 0.1) is 10.9 Å². The monoisotopic (exact) mass is 395 g/mol. The standard InChI is InChI=1S/C22H25N3O2S/c1-2-3-4-7-14-25-21(27)18-8-5-6-9-19(18)24-22(25)28-15-16-10-12-17(13-11-16)20(23)26/h5-6,8-13H,2-4,7,14-15H2,1H3,(H2,23,26). The van der Waals surface area contributed by atoms with Gasteiger partial charge < -0.3 is 5.73 Å². The van der Waals surface area contributed by atoms with Crippen LogP contribution in [0.5, 0.6) is 0 Å². The van der Waals surface area contributed by atoms with Crippen LogP contribution in [0.25, 0.3) is 10.9 Å². The Hall–Kier alpha value is -2.60. The van der Waals surface area contributed by atoms with E-state index in [0.29, 0.717) is 23.2 Å². The van der Waals surface area contributed by atoms with Crippen LogP contribution in [0.2, 0.25) is 0 Å². The Kier molecular flexibility index (Phi) is 6.87. The van der Waals surface area contributed by atoms with Crippen molar-refractivity contribution < 1.29 is 4.79 Å². The Morgan fingerprint density at radius 1 is 1.07 bits per heavy atom. The van der Waals surface area contributed by atoms with Crippen molar-refractivity contribution in [3.63, 3.8) is 0 Å². The third-order valence-corrected chi connectivity index (χ3v) is 5.72. The van der Waals surface area contributed by atoms with Crippen LogP contribution in [0.1, 0.15) is 48.5 Å². The van der Waals surface area contributed by atoms with E-state index in [2.05, 4.69) is 6.92 Å². The molecule has 3 rings (SSSR count). The van der Waals surface area contributed by atoms with Crippen LogP contribution in [0.15, 0.2) is 58.5 Å². The van der Waals surface area contributed by atoms with Crippen molar-refractivity contribution in [3.8, 4) is 0 Å². The van der Waals surface area contributed by atoms with E-state index in [1.165, 1.54) is 6.42 Å². The first kappa shape index (κ1) is 20.1. The summed E-state index contributed by atoms with van der Waals surface area (Å²) in [7, 11) is 0. The highest BCUT2D eigenvalue weighted by Crippen LogP contribution is 2.23. The first-order valence-corrected chi connectivity index (χ1v) is 10.6. The number of carbonyl (C=O) groups excluding carboxylic acids is 1. The average Bonchev–Trinajstić information content (AvgIpc) is 2.71. The zero-order valence-electron chi connectivity index (χ0n) is 16.1. The number of aromatic nitrogens is 2. The van der Waals surface area contributed by atoms with Crippen LogP contribution in [-0.4, -0.2) is 15.5 Å². The Morgan fingerprint density at radius 2 is 1.82 bits per heavy atom. The molecule has 5 nitrogen and oxygen atoms in total. The minimum atomic E-state index is -0.434. The molecule has 0 saturated heterocycles. The molecule has 0 aliphatic carbocycles. The number of rotatable bonds is 9. The number of unbranched alkanes of at least 4 members (excludes halogenated alkanes) is 3. The Bertz CT molecular complexity index is 1010. The van der Waals surface area contributed by atoms with Crippen molar-refractivity contribution >= 4 is 28.6 Å². The van der Waals surface area contributed by atoms with Gasteiger partial charge in [-0.05, 0) is 36.2 Å². The molecule has 0 atom stereocenters. The number of nitrogens with two attached hydrogens (primary N) is 1. The van der Waals surface area contributed by atoms with E-state index in [0.717, 1.165) is 35.5 Å². The third-order valence-electron chi connectivity index (χ3n) is 4.67. The molecule has 1 aromatic heterocycles. The molecule has 28 heavy (non-hydrogen) atoms. The molecule has 0 radical (unpaired) electrons. The maximum Gasteiger partial charge on any atom is 0.262 e. The summed E-state index contributed by atoms with van der Waals surface area (Å²) in [6.45, 7) is 2.86. The van der Waals surface area contributed by atoms with E-state index in [1.54, 1.807) is 28.5 Å². The molecule has 1 amide bonds. The SMILES string of the molecule is CCCCCCn1c(SCc2ccc(C(N)=O)cc2)nc2ccccc2c1=O. The fraction of sp³-hybridized carbons (Fsp3) is 0.318. The van der Waals surface area contributed by atoms with Crippen molar-refractivity contribution in [1.29, 1.82) is 0 Å². The predicted octanol–water partition coefficient (Wildman–Crippen LogP) is 4.37. The summed E-state index contributed by atoms with van der Waals surface area (Å²) in [5, 5.41) is 1.40. The number of nitrogens with zero attached hydrogens (tertiary/aromatic N) is 2. The van der Waals surface area contributed by atoms with Gasteiger partial charge in [-0.2, -0.15) is 0 Å². The largest absolute Gasteiger partial charge is 0.366 e. The normalized spacial score (nSPS) is 11.0.